The Morgan fingerprint density at radius 2 is 1.90 bits per heavy atom. The van der Waals surface area contributed by atoms with Gasteiger partial charge in [0, 0.05) is 13.1 Å². The molecule has 3 aliphatic rings. The van der Waals surface area contributed by atoms with Gasteiger partial charge in [0.2, 0.25) is 11.8 Å². The molecule has 2 amide bonds. The van der Waals surface area contributed by atoms with Crippen LogP contribution in [0.4, 0.5) is 0 Å². The van der Waals surface area contributed by atoms with E-state index in [-0.39, 0.29) is 29.8 Å². The summed E-state index contributed by atoms with van der Waals surface area (Å²) < 4.78 is 0. The monoisotopic (exact) mass is 296 g/mol. The first-order chi connectivity index (χ1) is 9.65. The van der Waals surface area contributed by atoms with E-state index >= 15 is 0 Å². The van der Waals surface area contributed by atoms with Crippen molar-refractivity contribution in [3.63, 3.8) is 0 Å². The lowest BCUT2D eigenvalue weighted by molar-refractivity contribution is -0.155. The van der Waals surface area contributed by atoms with Crippen LogP contribution < -0.4 is 0 Å². The molecule has 3 rings (SSSR count). The molecule has 112 valence electrons. The average molecular weight is 296 g/mol. The lowest BCUT2D eigenvalue weighted by Crippen LogP contribution is -2.59. The number of carbonyl (C=O) groups is 2. The molecule has 0 spiro atoms. The first-order valence-corrected chi connectivity index (χ1v) is 8.48. The maximum absolute atomic E-state index is 12.6. The molecule has 0 aromatic carbocycles. The van der Waals surface area contributed by atoms with Gasteiger partial charge in [-0.25, -0.2) is 0 Å². The Morgan fingerprint density at radius 1 is 1.15 bits per heavy atom. The summed E-state index contributed by atoms with van der Waals surface area (Å²) in [6.45, 7) is 1.77. The molecule has 3 fully saturated rings. The maximum Gasteiger partial charge on any atom is 0.245 e. The van der Waals surface area contributed by atoms with Crippen molar-refractivity contribution >= 4 is 24.4 Å². The fourth-order valence-corrected chi connectivity index (χ4v) is 4.49. The van der Waals surface area contributed by atoms with Gasteiger partial charge in [0.1, 0.15) is 6.04 Å². The minimum Gasteiger partial charge on any atom is -0.331 e. The van der Waals surface area contributed by atoms with Gasteiger partial charge in [-0.05, 0) is 36.9 Å². The van der Waals surface area contributed by atoms with Gasteiger partial charge in [0.05, 0.1) is 6.54 Å². The number of carbonyl (C=O) groups excluding carboxylic acids is 2. The number of piperazine rings is 1. The Bertz CT molecular complexity index is 407. The second-order valence-corrected chi connectivity index (χ2v) is 6.97. The van der Waals surface area contributed by atoms with E-state index in [1.54, 1.807) is 4.90 Å². The third kappa shape index (κ3) is 2.45. The first kappa shape index (κ1) is 14.2. The lowest BCUT2D eigenvalue weighted by Gasteiger charge is -2.44. The van der Waals surface area contributed by atoms with Crippen LogP contribution in [0, 0.1) is 5.41 Å². The summed E-state index contributed by atoms with van der Waals surface area (Å²) >= 11 is 4.54. The van der Waals surface area contributed by atoms with Gasteiger partial charge in [-0.2, -0.15) is 12.6 Å². The van der Waals surface area contributed by atoms with Gasteiger partial charge in [0.15, 0.2) is 0 Å². The summed E-state index contributed by atoms with van der Waals surface area (Å²) in [5, 5.41) is 0. The highest BCUT2D eigenvalue weighted by molar-refractivity contribution is 7.80. The predicted octanol–water partition coefficient (Wildman–Crippen LogP) is 1.70. The number of fused-ring (bicyclic) bond motifs is 1. The number of nitrogens with zero attached hydrogens (tertiary/aromatic N) is 2. The largest absolute Gasteiger partial charge is 0.331 e. The highest BCUT2D eigenvalue weighted by Gasteiger charge is 2.44. The van der Waals surface area contributed by atoms with Crippen LogP contribution in [0.3, 0.4) is 0 Å². The van der Waals surface area contributed by atoms with E-state index in [4.69, 9.17) is 0 Å². The molecule has 1 atom stereocenters. The Labute approximate surface area is 126 Å². The van der Waals surface area contributed by atoms with E-state index in [9.17, 15) is 9.59 Å². The van der Waals surface area contributed by atoms with Crippen LogP contribution >= 0.6 is 12.6 Å². The minimum atomic E-state index is -0.170. The van der Waals surface area contributed by atoms with Crippen molar-refractivity contribution in [3.8, 4) is 0 Å². The van der Waals surface area contributed by atoms with E-state index in [0.717, 1.165) is 44.5 Å². The quantitative estimate of drug-likeness (QED) is 0.805. The van der Waals surface area contributed by atoms with Crippen molar-refractivity contribution in [3.05, 3.63) is 0 Å². The molecular weight excluding hydrogens is 272 g/mol. The predicted molar refractivity (Wildman–Crippen MR) is 80.7 cm³/mol. The van der Waals surface area contributed by atoms with Crippen molar-refractivity contribution in [2.75, 3.05) is 25.4 Å². The molecule has 2 aliphatic heterocycles. The Hall–Kier alpha value is -0.710. The van der Waals surface area contributed by atoms with Gasteiger partial charge in [0.25, 0.3) is 0 Å². The van der Waals surface area contributed by atoms with Crippen LogP contribution in [0.2, 0.25) is 0 Å². The summed E-state index contributed by atoms with van der Waals surface area (Å²) in [7, 11) is 0. The van der Waals surface area contributed by atoms with E-state index in [1.807, 2.05) is 4.90 Å². The summed E-state index contributed by atoms with van der Waals surface area (Å²) in [4.78, 5) is 28.4. The fraction of sp³-hybridized carbons (Fsp3) is 0.867. The number of thiol groups is 1. The highest BCUT2D eigenvalue weighted by Crippen LogP contribution is 2.39. The number of rotatable bonds is 3. The van der Waals surface area contributed by atoms with Crippen LogP contribution in [-0.2, 0) is 9.59 Å². The first-order valence-electron chi connectivity index (χ1n) is 7.84. The van der Waals surface area contributed by atoms with Gasteiger partial charge >= 0.3 is 0 Å². The molecule has 1 saturated carbocycles. The van der Waals surface area contributed by atoms with Crippen LogP contribution in [0.15, 0.2) is 0 Å². The third-order valence-corrected chi connectivity index (χ3v) is 5.94. The van der Waals surface area contributed by atoms with Crippen LogP contribution in [0.25, 0.3) is 0 Å². The minimum absolute atomic E-state index is 0.136. The summed E-state index contributed by atoms with van der Waals surface area (Å²) in [6.07, 6.45) is 7.84. The molecular formula is C15H24N2O2S. The summed E-state index contributed by atoms with van der Waals surface area (Å²) in [5.74, 6) is 1.13. The molecule has 1 aliphatic carbocycles. The van der Waals surface area contributed by atoms with Crippen LogP contribution in [0.5, 0.6) is 0 Å². The maximum atomic E-state index is 12.6. The zero-order chi connectivity index (χ0) is 14.2. The smallest absolute Gasteiger partial charge is 0.245 e. The molecule has 0 radical (unpaired) electrons. The Morgan fingerprint density at radius 3 is 2.60 bits per heavy atom. The molecule has 2 heterocycles. The highest BCUT2D eigenvalue weighted by atomic mass is 32.1. The number of hydrogen-bond acceptors (Lipinski definition) is 3. The molecule has 0 aromatic rings. The normalized spacial score (nSPS) is 29.8. The van der Waals surface area contributed by atoms with Crippen molar-refractivity contribution in [2.24, 2.45) is 5.41 Å². The molecule has 20 heavy (non-hydrogen) atoms. The molecule has 0 N–H and O–H groups in total. The van der Waals surface area contributed by atoms with Crippen molar-refractivity contribution < 1.29 is 9.59 Å². The van der Waals surface area contributed by atoms with E-state index in [1.165, 1.54) is 19.3 Å². The number of amides is 2. The topological polar surface area (TPSA) is 40.6 Å². The van der Waals surface area contributed by atoms with Crippen LogP contribution in [0.1, 0.15) is 44.9 Å². The van der Waals surface area contributed by atoms with Gasteiger partial charge < -0.3 is 9.80 Å². The Kier molecular flexibility index (Phi) is 3.98. The zero-order valence-corrected chi connectivity index (χ0v) is 12.9. The van der Waals surface area contributed by atoms with Crippen molar-refractivity contribution in [1.82, 2.24) is 9.80 Å². The summed E-state index contributed by atoms with van der Waals surface area (Å²) in [5.41, 5.74) is 0.137. The Balaban J connectivity index is 1.73. The van der Waals surface area contributed by atoms with Crippen molar-refractivity contribution in [2.45, 2.75) is 51.0 Å². The van der Waals surface area contributed by atoms with E-state index in [2.05, 4.69) is 12.6 Å². The third-order valence-electron chi connectivity index (χ3n) is 5.27. The second-order valence-electron chi connectivity index (χ2n) is 6.66. The molecule has 0 aromatic heterocycles. The molecule has 2 saturated heterocycles. The zero-order valence-electron chi connectivity index (χ0n) is 12.0. The van der Waals surface area contributed by atoms with Gasteiger partial charge in [-0.3, -0.25) is 9.59 Å². The van der Waals surface area contributed by atoms with Crippen LogP contribution in [-0.4, -0.2) is 53.0 Å². The molecule has 4 nitrogen and oxygen atoms in total. The van der Waals surface area contributed by atoms with Crippen molar-refractivity contribution in [1.29, 1.82) is 0 Å². The molecule has 0 bridgehead atoms. The molecule has 5 heteroatoms. The van der Waals surface area contributed by atoms with Gasteiger partial charge in [-0.1, -0.05) is 19.3 Å². The number of hydrogen-bond donors (Lipinski definition) is 1. The second kappa shape index (κ2) is 5.58. The summed E-state index contributed by atoms with van der Waals surface area (Å²) in [6, 6.07) is -0.170. The molecule has 1 unspecified atom stereocenters. The van der Waals surface area contributed by atoms with Gasteiger partial charge in [-0.15, -0.1) is 0 Å². The standard InChI is InChI=1S/C15H24N2O2S/c18-13-9-16(14(19)12-5-4-8-17(12)13)10-15(11-20)6-2-1-3-7-15/h12,20H,1-11H2. The SMILES string of the molecule is O=C1C2CCCN2C(=O)CN1CC1(CS)CCCCC1. The fourth-order valence-electron chi connectivity index (χ4n) is 4.07. The lowest BCUT2D eigenvalue weighted by atomic mass is 9.75. The van der Waals surface area contributed by atoms with E-state index in [0.29, 0.717) is 0 Å². The average Bonchev–Trinajstić information content (AvgIpc) is 2.96. The van der Waals surface area contributed by atoms with E-state index < -0.39 is 0 Å².